The number of benzene rings is 2. The van der Waals surface area contributed by atoms with E-state index in [0.29, 0.717) is 13.0 Å². The highest BCUT2D eigenvalue weighted by atomic mass is 16.1. The molecule has 0 saturated heterocycles. The Hall–Kier alpha value is -2.88. The van der Waals surface area contributed by atoms with Gasteiger partial charge in [0.1, 0.15) is 0 Å². The summed E-state index contributed by atoms with van der Waals surface area (Å²) in [7, 11) is 0. The van der Waals surface area contributed by atoms with Crippen LogP contribution >= 0.6 is 0 Å². The molecule has 0 atom stereocenters. The van der Waals surface area contributed by atoms with Crippen LogP contribution in [-0.4, -0.2) is 15.7 Å². The number of aromatic nitrogens is 2. The molecule has 3 rings (SSSR count). The molecule has 116 valence electrons. The number of aryl methyl sites for hydroxylation is 1. The van der Waals surface area contributed by atoms with Crippen molar-refractivity contribution in [1.82, 2.24) is 9.78 Å². The van der Waals surface area contributed by atoms with Gasteiger partial charge in [0.05, 0.1) is 13.0 Å². The number of amides is 1. The minimum absolute atomic E-state index is 0.00721. The second-order valence-electron chi connectivity index (χ2n) is 5.51. The molecule has 4 heteroatoms. The SMILES string of the molecule is Cc1ccccc1CC(=O)Nc1ccccc1Cn1cccn1. The van der Waals surface area contributed by atoms with E-state index in [1.165, 1.54) is 0 Å². The lowest BCUT2D eigenvalue weighted by atomic mass is 10.1. The zero-order chi connectivity index (χ0) is 16.1. The highest BCUT2D eigenvalue weighted by Crippen LogP contribution is 2.17. The lowest BCUT2D eigenvalue weighted by Crippen LogP contribution is -2.16. The lowest BCUT2D eigenvalue weighted by molar-refractivity contribution is -0.115. The normalized spacial score (nSPS) is 10.5. The van der Waals surface area contributed by atoms with E-state index >= 15 is 0 Å². The molecule has 0 unspecified atom stereocenters. The van der Waals surface area contributed by atoms with E-state index in [1.54, 1.807) is 6.20 Å². The van der Waals surface area contributed by atoms with E-state index < -0.39 is 0 Å². The number of carbonyl (C=O) groups excluding carboxylic acids is 1. The van der Waals surface area contributed by atoms with Gasteiger partial charge in [-0.25, -0.2) is 0 Å². The fourth-order valence-corrected chi connectivity index (χ4v) is 2.52. The predicted octanol–water partition coefficient (Wildman–Crippen LogP) is 3.42. The van der Waals surface area contributed by atoms with Gasteiger partial charge in [-0.3, -0.25) is 9.48 Å². The van der Waals surface area contributed by atoms with Crippen LogP contribution in [0, 0.1) is 6.92 Å². The molecule has 1 heterocycles. The Morgan fingerprint density at radius 2 is 1.78 bits per heavy atom. The van der Waals surface area contributed by atoms with Crippen molar-refractivity contribution in [2.75, 3.05) is 5.32 Å². The molecule has 1 amide bonds. The van der Waals surface area contributed by atoms with Gasteiger partial charge < -0.3 is 5.32 Å². The summed E-state index contributed by atoms with van der Waals surface area (Å²) in [5.41, 5.74) is 4.05. The van der Waals surface area contributed by atoms with Crippen LogP contribution in [0.4, 0.5) is 5.69 Å². The molecule has 23 heavy (non-hydrogen) atoms. The van der Waals surface area contributed by atoms with Gasteiger partial charge in [0, 0.05) is 18.1 Å². The molecule has 0 spiro atoms. The zero-order valence-electron chi connectivity index (χ0n) is 13.1. The summed E-state index contributed by atoms with van der Waals surface area (Å²) in [5.74, 6) is -0.00721. The van der Waals surface area contributed by atoms with Gasteiger partial charge in [0.25, 0.3) is 0 Å². The van der Waals surface area contributed by atoms with E-state index in [2.05, 4.69) is 10.4 Å². The van der Waals surface area contributed by atoms with Crippen molar-refractivity contribution in [3.05, 3.63) is 83.7 Å². The first-order valence-corrected chi connectivity index (χ1v) is 7.62. The fraction of sp³-hybridized carbons (Fsp3) is 0.158. The smallest absolute Gasteiger partial charge is 0.228 e. The van der Waals surface area contributed by atoms with Gasteiger partial charge in [-0.2, -0.15) is 5.10 Å². The summed E-state index contributed by atoms with van der Waals surface area (Å²) in [6, 6.07) is 17.7. The van der Waals surface area contributed by atoms with Crippen molar-refractivity contribution in [2.24, 2.45) is 0 Å². The maximum absolute atomic E-state index is 12.4. The van der Waals surface area contributed by atoms with E-state index in [1.807, 2.05) is 72.4 Å². The zero-order valence-corrected chi connectivity index (χ0v) is 13.1. The number of hydrogen-bond acceptors (Lipinski definition) is 2. The molecule has 2 aromatic carbocycles. The van der Waals surface area contributed by atoms with Crippen molar-refractivity contribution < 1.29 is 4.79 Å². The lowest BCUT2D eigenvalue weighted by Gasteiger charge is -2.12. The van der Waals surface area contributed by atoms with Crippen LogP contribution in [0.2, 0.25) is 0 Å². The number of nitrogens with one attached hydrogen (secondary N) is 1. The minimum atomic E-state index is -0.00721. The molecule has 0 aliphatic rings. The standard InChI is InChI=1S/C19H19N3O/c1-15-7-2-3-8-16(15)13-19(23)21-18-10-5-4-9-17(18)14-22-12-6-11-20-22/h2-12H,13-14H2,1H3,(H,21,23). The molecule has 0 radical (unpaired) electrons. The fourth-order valence-electron chi connectivity index (χ4n) is 2.52. The van der Waals surface area contributed by atoms with Gasteiger partial charge in [-0.15, -0.1) is 0 Å². The first-order chi connectivity index (χ1) is 11.2. The second kappa shape index (κ2) is 6.92. The van der Waals surface area contributed by atoms with Crippen LogP contribution in [0.15, 0.2) is 67.0 Å². The summed E-state index contributed by atoms with van der Waals surface area (Å²) < 4.78 is 1.84. The Morgan fingerprint density at radius 1 is 1.04 bits per heavy atom. The first kappa shape index (κ1) is 15.0. The minimum Gasteiger partial charge on any atom is -0.325 e. The first-order valence-electron chi connectivity index (χ1n) is 7.62. The number of hydrogen-bond donors (Lipinski definition) is 1. The van der Waals surface area contributed by atoms with Crippen molar-refractivity contribution in [1.29, 1.82) is 0 Å². The van der Waals surface area contributed by atoms with Crippen LogP contribution in [0.25, 0.3) is 0 Å². The Balaban J connectivity index is 1.72. The van der Waals surface area contributed by atoms with Crippen molar-refractivity contribution in [3.8, 4) is 0 Å². The third-order valence-corrected chi connectivity index (χ3v) is 3.80. The number of nitrogens with zero attached hydrogens (tertiary/aromatic N) is 2. The topological polar surface area (TPSA) is 46.9 Å². The highest BCUT2D eigenvalue weighted by Gasteiger charge is 2.09. The van der Waals surface area contributed by atoms with Gasteiger partial charge in [-0.05, 0) is 35.7 Å². The summed E-state index contributed by atoms with van der Waals surface area (Å²) in [6.45, 7) is 2.65. The molecule has 1 aromatic heterocycles. The maximum atomic E-state index is 12.4. The van der Waals surface area contributed by atoms with Crippen LogP contribution in [0.3, 0.4) is 0 Å². The number of anilines is 1. The van der Waals surface area contributed by atoms with Crippen LogP contribution < -0.4 is 5.32 Å². The second-order valence-corrected chi connectivity index (χ2v) is 5.51. The van der Waals surface area contributed by atoms with E-state index in [4.69, 9.17) is 0 Å². The predicted molar refractivity (Wildman–Crippen MR) is 91.3 cm³/mol. The molecular formula is C19H19N3O. The summed E-state index contributed by atoms with van der Waals surface area (Å²) in [6.07, 6.45) is 4.04. The quantitative estimate of drug-likeness (QED) is 0.785. The number of rotatable bonds is 5. The Bertz CT molecular complexity index is 794. The average Bonchev–Trinajstić information content (AvgIpc) is 3.05. The van der Waals surface area contributed by atoms with Gasteiger partial charge in [0.15, 0.2) is 0 Å². The molecule has 1 N–H and O–H groups in total. The van der Waals surface area contributed by atoms with Crippen LogP contribution in [0.1, 0.15) is 16.7 Å². The van der Waals surface area contributed by atoms with Gasteiger partial charge in [-0.1, -0.05) is 42.5 Å². The molecule has 3 aromatic rings. The summed E-state index contributed by atoms with van der Waals surface area (Å²) in [4.78, 5) is 12.4. The molecule has 0 aliphatic carbocycles. The highest BCUT2D eigenvalue weighted by molar-refractivity contribution is 5.93. The van der Waals surface area contributed by atoms with Gasteiger partial charge in [0.2, 0.25) is 5.91 Å². The molecule has 0 saturated carbocycles. The number of carbonyl (C=O) groups is 1. The summed E-state index contributed by atoms with van der Waals surface area (Å²) >= 11 is 0. The van der Waals surface area contributed by atoms with Gasteiger partial charge >= 0.3 is 0 Å². The van der Waals surface area contributed by atoms with Crippen molar-refractivity contribution in [3.63, 3.8) is 0 Å². The van der Waals surface area contributed by atoms with Crippen molar-refractivity contribution in [2.45, 2.75) is 19.9 Å². The van der Waals surface area contributed by atoms with Crippen LogP contribution in [-0.2, 0) is 17.8 Å². The third kappa shape index (κ3) is 3.86. The molecule has 0 bridgehead atoms. The van der Waals surface area contributed by atoms with Crippen LogP contribution in [0.5, 0.6) is 0 Å². The number of para-hydroxylation sites is 1. The monoisotopic (exact) mass is 305 g/mol. The summed E-state index contributed by atoms with van der Waals surface area (Å²) in [5, 5.41) is 7.23. The average molecular weight is 305 g/mol. The van der Waals surface area contributed by atoms with E-state index in [0.717, 1.165) is 22.4 Å². The van der Waals surface area contributed by atoms with E-state index in [-0.39, 0.29) is 5.91 Å². The third-order valence-electron chi connectivity index (χ3n) is 3.80. The maximum Gasteiger partial charge on any atom is 0.228 e. The molecule has 4 nitrogen and oxygen atoms in total. The largest absolute Gasteiger partial charge is 0.325 e. The van der Waals surface area contributed by atoms with Crippen molar-refractivity contribution >= 4 is 11.6 Å². The molecular weight excluding hydrogens is 286 g/mol. The molecule has 0 fully saturated rings. The Kier molecular flexibility index (Phi) is 4.52. The molecule has 0 aliphatic heterocycles. The van der Waals surface area contributed by atoms with E-state index in [9.17, 15) is 4.79 Å². The Morgan fingerprint density at radius 3 is 2.52 bits per heavy atom. The Labute approximate surface area is 135 Å².